The van der Waals surface area contributed by atoms with Crippen LogP contribution < -0.4 is 25.4 Å². The molecule has 0 aliphatic carbocycles. The number of aromatic nitrogens is 2. The van der Waals surface area contributed by atoms with Gasteiger partial charge in [0.1, 0.15) is 17.9 Å². The number of amides is 2. The fraction of sp³-hybridized carbons (Fsp3) is 0.405. The summed E-state index contributed by atoms with van der Waals surface area (Å²) < 4.78 is 38.1. The van der Waals surface area contributed by atoms with Gasteiger partial charge in [0.25, 0.3) is 11.8 Å². The number of halogens is 1. The van der Waals surface area contributed by atoms with Gasteiger partial charge in [-0.2, -0.15) is 5.10 Å². The van der Waals surface area contributed by atoms with E-state index in [1.54, 1.807) is 18.3 Å². The van der Waals surface area contributed by atoms with Gasteiger partial charge in [0.05, 0.1) is 49.2 Å². The lowest BCUT2D eigenvalue weighted by molar-refractivity contribution is -0.0552. The molecule has 2 amide bonds. The molecule has 0 unspecified atom stereocenters. The van der Waals surface area contributed by atoms with Crippen molar-refractivity contribution in [1.29, 1.82) is 0 Å². The Morgan fingerprint density at radius 3 is 2.22 bits per heavy atom. The Balaban J connectivity index is 1.20. The summed E-state index contributed by atoms with van der Waals surface area (Å²) in [4.78, 5) is 39.8. The summed E-state index contributed by atoms with van der Waals surface area (Å²) in [6.07, 6.45) is 2.49. The third kappa shape index (κ3) is 9.03. The molecule has 1 fully saturated rings. The highest BCUT2D eigenvalue weighted by Gasteiger charge is 2.31. The molecule has 5 rings (SSSR count). The van der Waals surface area contributed by atoms with E-state index < -0.39 is 17.2 Å². The third-order valence-electron chi connectivity index (χ3n) is 8.46. The molecule has 1 aliphatic heterocycles. The van der Waals surface area contributed by atoms with E-state index in [0.717, 1.165) is 10.9 Å². The second-order valence-corrected chi connectivity index (χ2v) is 13.0. The van der Waals surface area contributed by atoms with Crippen molar-refractivity contribution in [3.8, 4) is 11.5 Å². The number of rotatable bonds is 16. The smallest absolute Gasteiger partial charge is 0.251 e. The molecule has 2 atom stereocenters. The molecule has 4 N–H and O–H groups in total. The average molecular weight is 690 g/mol. The fourth-order valence-corrected chi connectivity index (χ4v) is 5.59. The highest BCUT2D eigenvalue weighted by atomic mass is 19.1. The second-order valence-electron chi connectivity index (χ2n) is 13.0. The average Bonchev–Trinajstić information content (AvgIpc) is 3.75. The number of carbonyl (C=O) groups is 3. The number of ketones is 1. The maximum Gasteiger partial charge on any atom is 0.251 e. The molecule has 3 aromatic carbocycles. The largest absolute Gasteiger partial charge is 0.494 e. The van der Waals surface area contributed by atoms with Crippen molar-refractivity contribution in [2.75, 3.05) is 40.0 Å². The first-order valence-corrected chi connectivity index (χ1v) is 16.6. The van der Waals surface area contributed by atoms with Gasteiger partial charge in [0.2, 0.25) is 0 Å². The van der Waals surface area contributed by atoms with E-state index in [9.17, 15) is 14.4 Å². The number of carbonyl (C=O) groups excluding carboxylic acids is 3. The standard InChI is InChI=1S/C37H44FN5O7/c1-22(2)48-15-14-37(3,4)50-17-16-49-30-12-13-31(47-5)33(38)32(30)34(44)23-6-8-24(9-7-23)35(45)41-28-20-39-21-29(28)42-36(46)25-10-11-26-19-40-43-27(26)18-25/h6-13,18-19,22,28-29,39H,14-17,20-21H2,1-5H3,(H,40,43)(H,41,45)(H,42,46)/t28-,29+/m1/s1. The maximum absolute atomic E-state index is 15.5. The van der Waals surface area contributed by atoms with Crippen molar-refractivity contribution < 1.29 is 37.7 Å². The van der Waals surface area contributed by atoms with E-state index in [2.05, 4.69) is 26.1 Å². The van der Waals surface area contributed by atoms with E-state index in [4.69, 9.17) is 18.9 Å². The minimum Gasteiger partial charge on any atom is -0.494 e. The first kappa shape index (κ1) is 36.4. The third-order valence-corrected chi connectivity index (χ3v) is 8.46. The summed E-state index contributed by atoms with van der Waals surface area (Å²) >= 11 is 0. The van der Waals surface area contributed by atoms with Crippen LogP contribution in [0.5, 0.6) is 11.5 Å². The molecular weight excluding hydrogens is 645 g/mol. The predicted octanol–water partition coefficient (Wildman–Crippen LogP) is 4.43. The van der Waals surface area contributed by atoms with Crippen molar-refractivity contribution in [1.82, 2.24) is 26.1 Å². The quantitative estimate of drug-likeness (QED) is 0.0989. The van der Waals surface area contributed by atoms with E-state index >= 15 is 4.39 Å². The minimum atomic E-state index is -0.852. The molecule has 1 aliphatic rings. The molecule has 12 nitrogen and oxygen atoms in total. The molecule has 0 bridgehead atoms. The Labute approximate surface area is 290 Å². The molecule has 1 aromatic heterocycles. The van der Waals surface area contributed by atoms with Crippen LogP contribution in [0, 0.1) is 5.82 Å². The van der Waals surface area contributed by atoms with Gasteiger partial charge >= 0.3 is 0 Å². The topological polar surface area (TPSA) is 153 Å². The lowest BCUT2D eigenvalue weighted by Gasteiger charge is -2.26. The molecule has 266 valence electrons. The van der Waals surface area contributed by atoms with Gasteiger partial charge in [-0.25, -0.2) is 4.39 Å². The Kier molecular flexibility index (Phi) is 11.8. The number of nitrogens with one attached hydrogen (secondary N) is 4. The van der Waals surface area contributed by atoms with Crippen LogP contribution in [-0.4, -0.2) is 91.6 Å². The van der Waals surface area contributed by atoms with Crippen molar-refractivity contribution in [3.05, 3.63) is 88.9 Å². The number of benzene rings is 3. The number of hydrogen-bond donors (Lipinski definition) is 4. The lowest BCUT2D eigenvalue weighted by atomic mass is 10.00. The van der Waals surface area contributed by atoms with Crippen molar-refractivity contribution in [2.45, 2.75) is 57.9 Å². The maximum atomic E-state index is 15.5. The molecule has 13 heteroatoms. The molecule has 1 saturated heterocycles. The molecule has 4 aromatic rings. The zero-order valence-electron chi connectivity index (χ0n) is 28.9. The summed E-state index contributed by atoms with van der Waals surface area (Å²) in [7, 11) is 1.31. The SMILES string of the molecule is COc1ccc(OCCOC(C)(C)CCOC(C)C)c(C(=O)c2ccc(C(=O)N[C@@H]3CNC[C@@H]3NC(=O)c3ccc4cn[nH]c4c3)cc2)c1F. The van der Waals surface area contributed by atoms with Gasteiger partial charge in [-0.15, -0.1) is 0 Å². The molecule has 2 heterocycles. The highest BCUT2D eigenvalue weighted by Crippen LogP contribution is 2.31. The molecule has 50 heavy (non-hydrogen) atoms. The van der Waals surface area contributed by atoms with Crippen molar-refractivity contribution >= 4 is 28.5 Å². The van der Waals surface area contributed by atoms with Crippen molar-refractivity contribution in [2.24, 2.45) is 0 Å². The number of H-pyrrole nitrogens is 1. The van der Waals surface area contributed by atoms with Crippen LogP contribution >= 0.6 is 0 Å². The fourth-order valence-electron chi connectivity index (χ4n) is 5.59. The van der Waals surface area contributed by atoms with E-state index in [1.165, 1.54) is 43.5 Å². The summed E-state index contributed by atoms with van der Waals surface area (Å²) in [5, 5.41) is 16.9. The van der Waals surface area contributed by atoms with Crippen LogP contribution in [0.25, 0.3) is 10.9 Å². The second kappa shape index (κ2) is 16.2. The van der Waals surface area contributed by atoms with E-state index in [1.807, 2.05) is 33.8 Å². The van der Waals surface area contributed by atoms with Crippen LogP contribution in [0.15, 0.2) is 60.8 Å². The van der Waals surface area contributed by atoms with E-state index in [-0.39, 0.29) is 65.8 Å². The van der Waals surface area contributed by atoms with Gasteiger partial charge in [-0.1, -0.05) is 18.2 Å². The van der Waals surface area contributed by atoms with Gasteiger partial charge in [-0.3, -0.25) is 19.5 Å². The number of hydrogen-bond acceptors (Lipinski definition) is 9. The Hall–Kier alpha value is -4.85. The zero-order valence-corrected chi connectivity index (χ0v) is 28.9. The highest BCUT2D eigenvalue weighted by molar-refractivity contribution is 6.11. The zero-order chi connectivity index (χ0) is 35.8. The number of ether oxygens (including phenoxy) is 4. The molecule has 0 radical (unpaired) electrons. The van der Waals surface area contributed by atoms with Gasteiger partial charge in [0, 0.05) is 41.8 Å². The molecule has 0 saturated carbocycles. The monoisotopic (exact) mass is 689 g/mol. The summed E-state index contributed by atoms with van der Waals surface area (Å²) in [6, 6.07) is 13.3. The predicted molar refractivity (Wildman–Crippen MR) is 186 cm³/mol. The molecule has 0 spiro atoms. The number of methoxy groups -OCH3 is 1. The van der Waals surface area contributed by atoms with Crippen molar-refractivity contribution in [3.63, 3.8) is 0 Å². The van der Waals surface area contributed by atoms with Crippen LogP contribution in [0.4, 0.5) is 4.39 Å². The normalized spacial score (nSPS) is 16.1. The number of fused-ring (bicyclic) bond motifs is 1. The van der Waals surface area contributed by atoms with Gasteiger partial charge in [0.15, 0.2) is 17.3 Å². The number of aromatic amines is 1. The Bertz CT molecular complexity index is 1810. The van der Waals surface area contributed by atoms with Crippen LogP contribution in [0.3, 0.4) is 0 Å². The first-order valence-electron chi connectivity index (χ1n) is 16.6. The van der Waals surface area contributed by atoms with Gasteiger partial charge < -0.3 is 34.9 Å². The summed E-state index contributed by atoms with van der Waals surface area (Å²) in [6.45, 7) is 9.62. The van der Waals surface area contributed by atoms with Gasteiger partial charge in [-0.05, 0) is 70.5 Å². The van der Waals surface area contributed by atoms with Crippen LogP contribution in [0.1, 0.15) is 70.8 Å². The van der Waals surface area contributed by atoms with Crippen LogP contribution in [-0.2, 0) is 9.47 Å². The summed E-state index contributed by atoms with van der Waals surface area (Å²) in [5.41, 5.74) is 0.927. The van der Waals surface area contributed by atoms with Crippen LogP contribution in [0.2, 0.25) is 0 Å². The lowest BCUT2D eigenvalue weighted by Crippen LogP contribution is -2.51. The first-order chi connectivity index (χ1) is 24.0. The van der Waals surface area contributed by atoms with E-state index in [0.29, 0.717) is 37.2 Å². The molecular formula is C37H44FN5O7. The Morgan fingerprint density at radius 2 is 1.54 bits per heavy atom. The Morgan fingerprint density at radius 1 is 0.900 bits per heavy atom. The summed E-state index contributed by atoms with van der Waals surface area (Å²) in [5.74, 6) is -2.19. The minimum absolute atomic E-state index is 0.0472. The number of nitrogens with zero attached hydrogens (tertiary/aromatic N) is 1.